The molecule has 1 saturated heterocycles. The second-order valence-corrected chi connectivity index (χ2v) is 4.87. The number of amides is 2. The smallest absolute Gasteiger partial charge is 0.242 e. The van der Waals surface area contributed by atoms with Crippen molar-refractivity contribution >= 4 is 11.8 Å². The van der Waals surface area contributed by atoms with Gasteiger partial charge in [-0.1, -0.05) is 5.16 Å². The van der Waals surface area contributed by atoms with E-state index < -0.39 is 0 Å². The van der Waals surface area contributed by atoms with Gasteiger partial charge in [-0.05, 0) is 7.05 Å². The third kappa shape index (κ3) is 4.02. The largest absolute Gasteiger partial charge is 0.347 e. The summed E-state index contributed by atoms with van der Waals surface area (Å²) in [5.41, 5.74) is 0. The summed E-state index contributed by atoms with van der Waals surface area (Å²) in [5, 5.41) is 6.22. The fraction of sp³-hybridized carbons (Fsp3) is 0.667. The van der Waals surface area contributed by atoms with Crippen LogP contribution in [0.25, 0.3) is 0 Å². The second-order valence-electron chi connectivity index (χ2n) is 4.87. The van der Waals surface area contributed by atoms with E-state index in [0.29, 0.717) is 24.8 Å². The Morgan fingerprint density at radius 3 is 2.60 bits per heavy atom. The molecule has 0 bridgehead atoms. The van der Waals surface area contributed by atoms with Crippen LogP contribution in [0.15, 0.2) is 4.52 Å². The molecule has 2 heterocycles. The Hall–Kier alpha value is -1.96. The average Bonchev–Trinajstić information content (AvgIpc) is 2.82. The number of piperazine rings is 1. The molecular weight excluding hydrogens is 262 g/mol. The van der Waals surface area contributed by atoms with Crippen LogP contribution in [0.3, 0.4) is 0 Å². The molecule has 0 atom stereocenters. The van der Waals surface area contributed by atoms with Gasteiger partial charge in [0.2, 0.25) is 17.7 Å². The Bertz CT molecular complexity index is 479. The maximum atomic E-state index is 11.9. The predicted octanol–water partition coefficient (Wildman–Crippen LogP) is -1.19. The number of nitrogens with zero attached hydrogens (tertiary/aromatic N) is 4. The maximum absolute atomic E-state index is 11.9. The highest BCUT2D eigenvalue weighted by Crippen LogP contribution is 1.99. The van der Waals surface area contributed by atoms with Crippen LogP contribution < -0.4 is 5.32 Å². The van der Waals surface area contributed by atoms with Crippen LogP contribution in [-0.4, -0.2) is 71.5 Å². The fourth-order valence-corrected chi connectivity index (χ4v) is 1.96. The highest BCUT2D eigenvalue weighted by Gasteiger charge is 2.19. The summed E-state index contributed by atoms with van der Waals surface area (Å²) in [6.07, 6.45) is 0.0212. The number of nitrogens with one attached hydrogen (secondary N) is 1. The Labute approximate surface area is 117 Å². The third-order valence-electron chi connectivity index (χ3n) is 3.18. The van der Waals surface area contributed by atoms with E-state index in [4.69, 9.17) is 4.52 Å². The van der Waals surface area contributed by atoms with Crippen molar-refractivity contribution in [3.63, 3.8) is 0 Å². The van der Waals surface area contributed by atoms with Crippen LogP contribution in [0.1, 0.15) is 11.7 Å². The van der Waals surface area contributed by atoms with Gasteiger partial charge in [0.1, 0.15) is 0 Å². The number of carbonyl (C=O) groups is 2. The first-order chi connectivity index (χ1) is 9.54. The molecule has 0 aromatic carbocycles. The normalized spacial score (nSPS) is 16.2. The van der Waals surface area contributed by atoms with E-state index in [2.05, 4.69) is 20.4 Å². The highest BCUT2D eigenvalue weighted by atomic mass is 16.5. The van der Waals surface area contributed by atoms with Crippen molar-refractivity contribution in [2.24, 2.45) is 0 Å². The monoisotopic (exact) mass is 281 g/mol. The molecule has 1 aromatic heterocycles. The van der Waals surface area contributed by atoms with Gasteiger partial charge in [-0.3, -0.25) is 9.59 Å². The number of aromatic nitrogens is 2. The van der Waals surface area contributed by atoms with Gasteiger partial charge in [0.05, 0.1) is 13.0 Å². The van der Waals surface area contributed by atoms with Crippen molar-refractivity contribution in [3.05, 3.63) is 11.7 Å². The van der Waals surface area contributed by atoms with Crippen LogP contribution >= 0.6 is 0 Å². The molecule has 20 heavy (non-hydrogen) atoms. The molecule has 1 aromatic rings. The zero-order valence-corrected chi connectivity index (χ0v) is 11.8. The molecule has 1 aliphatic heterocycles. The molecule has 0 radical (unpaired) electrons. The Morgan fingerprint density at radius 1 is 1.30 bits per heavy atom. The predicted molar refractivity (Wildman–Crippen MR) is 69.8 cm³/mol. The van der Waals surface area contributed by atoms with Crippen molar-refractivity contribution in [1.29, 1.82) is 0 Å². The quantitative estimate of drug-likeness (QED) is 0.746. The first kappa shape index (κ1) is 14.4. The summed E-state index contributed by atoms with van der Waals surface area (Å²) in [6.45, 7) is 4.80. The van der Waals surface area contributed by atoms with E-state index in [1.165, 1.54) is 0 Å². The second kappa shape index (κ2) is 6.47. The van der Waals surface area contributed by atoms with E-state index in [-0.39, 0.29) is 24.8 Å². The minimum Gasteiger partial charge on any atom is -0.347 e. The molecule has 1 aliphatic rings. The molecule has 2 amide bonds. The lowest BCUT2D eigenvalue weighted by Gasteiger charge is -2.32. The highest BCUT2D eigenvalue weighted by molar-refractivity contribution is 5.85. The fourth-order valence-electron chi connectivity index (χ4n) is 1.96. The van der Waals surface area contributed by atoms with Crippen LogP contribution in [0.4, 0.5) is 0 Å². The lowest BCUT2D eigenvalue weighted by Crippen LogP contribution is -2.50. The number of rotatable bonds is 4. The molecule has 1 fully saturated rings. The first-order valence-electron chi connectivity index (χ1n) is 6.57. The van der Waals surface area contributed by atoms with E-state index in [1.807, 2.05) is 7.05 Å². The Balaban J connectivity index is 1.71. The van der Waals surface area contributed by atoms with Crippen molar-refractivity contribution < 1.29 is 14.1 Å². The number of carbonyl (C=O) groups excluding carboxylic acids is 2. The van der Waals surface area contributed by atoms with Crippen LogP contribution in [0, 0.1) is 6.92 Å². The van der Waals surface area contributed by atoms with E-state index in [1.54, 1.807) is 11.8 Å². The Morgan fingerprint density at radius 2 is 2.00 bits per heavy atom. The van der Waals surface area contributed by atoms with Crippen LogP contribution in [0.5, 0.6) is 0 Å². The van der Waals surface area contributed by atoms with Gasteiger partial charge in [-0.15, -0.1) is 0 Å². The topological polar surface area (TPSA) is 91.6 Å². The molecule has 0 aliphatic carbocycles. The summed E-state index contributed by atoms with van der Waals surface area (Å²) in [6, 6.07) is 0. The standard InChI is InChI=1S/C12H19N5O3/c1-9-14-10(15-20-9)7-11(18)13-8-12(19)17-5-3-16(2)4-6-17/h3-8H2,1-2H3,(H,13,18). The van der Waals surface area contributed by atoms with Crippen molar-refractivity contribution in [2.45, 2.75) is 13.3 Å². The number of hydrogen-bond acceptors (Lipinski definition) is 6. The van der Waals surface area contributed by atoms with E-state index in [9.17, 15) is 9.59 Å². The minimum absolute atomic E-state index is 0.0133. The average molecular weight is 281 g/mol. The molecule has 0 spiro atoms. The molecule has 110 valence electrons. The van der Waals surface area contributed by atoms with Gasteiger partial charge in [0, 0.05) is 33.1 Å². The van der Waals surface area contributed by atoms with Gasteiger partial charge < -0.3 is 19.6 Å². The molecule has 1 N–H and O–H groups in total. The number of hydrogen-bond donors (Lipinski definition) is 1. The Kier molecular flexibility index (Phi) is 4.67. The summed E-state index contributed by atoms with van der Waals surface area (Å²) < 4.78 is 4.78. The van der Waals surface area contributed by atoms with Gasteiger partial charge >= 0.3 is 0 Å². The lowest BCUT2D eigenvalue weighted by molar-refractivity contribution is -0.134. The lowest BCUT2D eigenvalue weighted by atomic mass is 10.3. The van der Waals surface area contributed by atoms with Crippen LogP contribution in [0.2, 0.25) is 0 Å². The molecular formula is C12H19N5O3. The van der Waals surface area contributed by atoms with Crippen molar-refractivity contribution in [1.82, 2.24) is 25.3 Å². The van der Waals surface area contributed by atoms with E-state index in [0.717, 1.165) is 13.1 Å². The van der Waals surface area contributed by atoms with Crippen LogP contribution in [-0.2, 0) is 16.0 Å². The van der Waals surface area contributed by atoms with Crippen molar-refractivity contribution in [2.75, 3.05) is 39.8 Å². The van der Waals surface area contributed by atoms with E-state index >= 15 is 0 Å². The zero-order valence-electron chi connectivity index (χ0n) is 11.8. The van der Waals surface area contributed by atoms with Gasteiger partial charge in [0.25, 0.3) is 0 Å². The van der Waals surface area contributed by atoms with Gasteiger partial charge in [-0.25, -0.2) is 0 Å². The van der Waals surface area contributed by atoms with Crippen molar-refractivity contribution in [3.8, 4) is 0 Å². The molecule has 8 heteroatoms. The number of aryl methyl sites for hydroxylation is 1. The molecule has 0 saturated carbocycles. The van der Waals surface area contributed by atoms with Gasteiger partial charge in [-0.2, -0.15) is 4.98 Å². The summed E-state index contributed by atoms with van der Waals surface area (Å²) in [4.78, 5) is 31.4. The summed E-state index contributed by atoms with van der Waals surface area (Å²) >= 11 is 0. The number of likely N-dealkylation sites (N-methyl/N-ethyl adjacent to an activating group) is 1. The molecule has 0 unspecified atom stereocenters. The third-order valence-corrected chi connectivity index (χ3v) is 3.18. The van der Waals surface area contributed by atoms with Gasteiger partial charge in [0.15, 0.2) is 5.82 Å². The SMILES string of the molecule is Cc1nc(CC(=O)NCC(=O)N2CCN(C)CC2)no1. The molecule has 8 nitrogen and oxygen atoms in total. The molecule has 2 rings (SSSR count). The first-order valence-corrected chi connectivity index (χ1v) is 6.57. The summed E-state index contributed by atoms with van der Waals surface area (Å²) in [7, 11) is 2.02. The summed E-state index contributed by atoms with van der Waals surface area (Å²) in [5.74, 6) is 0.400. The minimum atomic E-state index is -0.284. The maximum Gasteiger partial charge on any atom is 0.242 e. The zero-order chi connectivity index (χ0) is 14.5.